The highest BCUT2D eigenvalue weighted by molar-refractivity contribution is 5.88. The summed E-state index contributed by atoms with van der Waals surface area (Å²) in [5.74, 6) is 0.548. The number of pyridine rings is 1. The molecule has 0 radical (unpaired) electrons. The normalized spacial score (nSPS) is 11.9. The van der Waals surface area contributed by atoms with Gasteiger partial charge in [-0.1, -0.05) is 0 Å². The lowest BCUT2D eigenvalue weighted by Crippen LogP contribution is -2.16. The van der Waals surface area contributed by atoms with Crippen molar-refractivity contribution >= 4 is 17.4 Å². The summed E-state index contributed by atoms with van der Waals surface area (Å²) in [4.78, 5) is 14.8. The van der Waals surface area contributed by atoms with E-state index in [4.69, 9.17) is 5.11 Å². The second-order valence-corrected chi connectivity index (χ2v) is 3.34. The Morgan fingerprint density at radius 3 is 2.80 bits per heavy atom. The maximum absolute atomic E-state index is 10.7. The molecule has 5 heteroatoms. The molecule has 1 aromatic heterocycles. The van der Waals surface area contributed by atoms with Gasteiger partial charge in [0.2, 0.25) is 5.91 Å². The number of carbonyl (C=O) groups is 1. The zero-order chi connectivity index (χ0) is 11.3. The van der Waals surface area contributed by atoms with Gasteiger partial charge < -0.3 is 15.7 Å². The molecular formula is C10H15N3O2. The summed E-state index contributed by atoms with van der Waals surface area (Å²) in [5, 5.41) is 14.6. The van der Waals surface area contributed by atoms with E-state index in [0.717, 1.165) is 0 Å². The van der Waals surface area contributed by atoms with Crippen LogP contribution in [-0.2, 0) is 4.79 Å². The fourth-order valence-corrected chi connectivity index (χ4v) is 1.03. The number of nitrogens with zero attached hydrogens (tertiary/aromatic N) is 1. The van der Waals surface area contributed by atoms with Crippen LogP contribution < -0.4 is 10.6 Å². The first-order chi connectivity index (χ1) is 7.08. The van der Waals surface area contributed by atoms with Crippen molar-refractivity contribution in [3.05, 3.63) is 18.3 Å². The van der Waals surface area contributed by atoms with E-state index in [2.05, 4.69) is 15.6 Å². The van der Waals surface area contributed by atoms with Crippen molar-refractivity contribution < 1.29 is 9.90 Å². The minimum Gasteiger partial charge on any atom is -0.392 e. The van der Waals surface area contributed by atoms with Crippen LogP contribution in [0, 0.1) is 0 Å². The van der Waals surface area contributed by atoms with Crippen LogP contribution in [0.1, 0.15) is 13.8 Å². The molecule has 1 rings (SSSR count). The molecule has 0 saturated carbocycles. The molecule has 0 aliphatic heterocycles. The molecule has 1 unspecified atom stereocenters. The molecule has 1 atom stereocenters. The molecule has 3 N–H and O–H groups in total. The maximum Gasteiger partial charge on any atom is 0.221 e. The number of hydrogen-bond donors (Lipinski definition) is 3. The molecule has 5 nitrogen and oxygen atoms in total. The quantitative estimate of drug-likeness (QED) is 0.686. The molecule has 82 valence electrons. The number of nitrogens with one attached hydrogen (secondary N) is 2. The van der Waals surface area contributed by atoms with Crippen molar-refractivity contribution in [1.82, 2.24) is 4.98 Å². The topological polar surface area (TPSA) is 74.2 Å². The largest absolute Gasteiger partial charge is 0.392 e. The zero-order valence-corrected chi connectivity index (χ0v) is 8.82. The Morgan fingerprint density at radius 2 is 2.33 bits per heavy atom. The Hall–Kier alpha value is -1.62. The number of rotatable bonds is 4. The van der Waals surface area contributed by atoms with Crippen molar-refractivity contribution in [3.8, 4) is 0 Å². The predicted molar refractivity (Wildman–Crippen MR) is 58.7 cm³/mol. The lowest BCUT2D eigenvalue weighted by atomic mass is 10.3. The fraction of sp³-hybridized carbons (Fsp3) is 0.400. The van der Waals surface area contributed by atoms with Crippen molar-refractivity contribution in [1.29, 1.82) is 0 Å². The molecule has 0 saturated heterocycles. The first-order valence-electron chi connectivity index (χ1n) is 4.73. The van der Waals surface area contributed by atoms with Gasteiger partial charge in [-0.05, 0) is 19.1 Å². The van der Waals surface area contributed by atoms with Crippen LogP contribution in [0.5, 0.6) is 0 Å². The number of hydrogen-bond acceptors (Lipinski definition) is 4. The van der Waals surface area contributed by atoms with Crippen molar-refractivity contribution in [2.75, 3.05) is 17.2 Å². The predicted octanol–water partition coefficient (Wildman–Crippen LogP) is 0.833. The van der Waals surface area contributed by atoms with E-state index in [1.54, 1.807) is 25.3 Å². The van der Waals surface area contributed by atoms with Crippen LogP contribution in [0.3, 0.4) is 0 Å². The van der Waals surface area contributed by atoms with Gasteiger partial charge in [-0.2, -0.15) is 0 Å². The zero-order valence-electron chi connectivity index (χ0n) is 8.82. The van der Waals surface area contributed by atoms with Crippen molar-refractivity contribution in [2.24, 2.45) is 0 Å². The molecule has 0 spiro atoms. The SMILES string of the molecule is CC(=O)Nc1ccc(NCC(C)O)nc1. The molecule has 0 aliphatic carbocycles. The number of carbonyl (C=O) groups excluding carboxylic acids is 1. The third-order valence-corrected chi connectivity index (χ3v) is 1.66. The van der Waals surface area contributed by atoms with Gasteiger partial charge in [0.1, 0.15) is 5.82 Å². The molecule has 0 bridgehead atoms. The van der Waals surface area contributed by atoms with Gasteiger partial charge in [-0.3, -0.25) is 4.79 Å². The number of aliphatic hydroxyl groups excluding tert-OH is 1. The van der Waals surface area contributed by atoms with Gasteiger partial charge in [0, 0.05) is 13.5 Å². The second kappa shape index (κ2) is 5.31. The lowest BCUT2D eigenvalue weighted by Gasteiger charge is -2.08. The van der Waals surface area contributed by atoms with Gasteiger partial charge in [0.15, 0.2) is 0 Å². The lowest BCUT2D eigenvalue weighted by molar-refractivity contribution is -0.114. The van der Waals surface area contributed by atoms with Crippen LogP contribution in [0.2, 0.25) is 0 Å². The highest BCUT2D eigenvalue weighted by atomic mass is 16.3. The van der Waals surface area contributed by atoms with Gasteiger partial charge in [0.25, 0.3) is 0 Å². The van der Waals surface area contributed by atoms with E-state index in [0.29, 0.717) is 18.1 Å². The third-order valence-electron chi connectivity index (χ3n) is 1.66. The van der Waals surface area contributed by atoms with E-state index in [-0.39, 0.29) is 5.91 Å². The molecule has 15 heavy (non-hydrogen) atoms. The number of amides is 1. The Bertz CT molecular complexity index is 322. The Balaban J connectivity index is 2.52. The van der Waals surface area contributed by atoms with Gasteiger partial charge >= 0.3 is 0 Å². The van der Waals surface area contributed by atoms with E-state index < -0.39 is 6.10 Å². The van der Waals surface area contributed by atoms with Crippen LogP contribution in [-0.4, -0.2) is 28.6 Å². The van der Waals surface area contributed by atoms with Crippen LogP contribution in [0.4, 0.5) is 11.5 Å². The monoisotopic (exact) mass is 209 g/mol. The maximum atomic E-state index is 10.7. The Kier molecular flexibility index (Phi) is 4.05. The fourth-order valence-electron chi connectivity index (χ4n) is 1.03. The third kappa shape index (κ3) is 4.42. The molecule has 0 aliphatic rings. The Labute approximate surface area is 88.5 Å². The first kappa shape index (κ1) is 11.5. The van der Waals surface area contributed by atoms with E-state index in [9.17, 15) is 4.79 Å². The summed E-state index contributed by atoms with van der Waals surface area (Å²) in [6.07, 6.45) is 1.15. The van der Waals surface area contributed by atoms with Gasteiger partial charge in [0.05, 0.1) is 18.0 Å². The summed E-state index contributed by atoms with van der Waals surface area (Å²) in [7, 11) is 0. The van der Waals surface area contributed by atoms with Crippen LogP contribution in [0.25, 0.3) is 0 Å². The molecule has 0 fully saturated rings. The molecule has 1 aromatic rings. The average molecular weight is 209 g/mol. The van der Waals surface area contributed by atoms with E-state index in [1.165, 1.54) is 6.92 Å². The van der Waals surface area contributed by atoms with Crippen LogP contribution >= 0.6 is 0 Å². The molecule has 1 amide bonds. The smallest absolute Gasteiger partial charge is 0.221 e. The number of aromatic nitrogens is 1. The molecule has 1 heterocycles. The minimum absolute atomic E-state index is 0.124. The van der Waals surface area contributed by atoms with Crippen molar-refractivity contribution in [2.45, 2.75) is 20.0 Å². The highest BCUT2D eigenvalue weighted by Crippen LogP contribution is 2.09. The summed E-state index contributed by atoms with van der Waals surface area (Å²) >= 11 is 0. The molecular weight excluding hydrogens is 194 g/mol. The molecule has 0 aromatic carbocycles. The summed E-state index contributed by atoms with van der Waals surface area (Å²) in [6.45, 7) is 3.59. The van der Waals surface area contributed by atoms with Crippen LogP contribution in [0.15, 0.2) is 18.3 Å². The van der Waals surface area contributed by atoms with Gasteiger partial charge in [-0.25, -0.2) is 4.98 Å². The van der Waals surface area contributed by atoms with E-state index in [1.807, 2.05) is 0 Å². The summed E-state index contributed by atoms with van der Waals surface area (Å²) in [6, 6.07) is 3.49. The van der Waals surface area contributed by atoms with Gasteiger partial charge in [-0.15, -0.1) is 0 Å². The standard InChI is InChI=1S/C10H15N3O2/c1-7(14)5-11-10-4-3-9(6-12-10)13-8(2)15/h3-4,6-7,14H,5H2,1-2H3,(H,11,12)(H,13,15). The number of anilines is 2. The average Bonchev–Trinajstić information content (AvgIpc) is 2.16. The Morgan fingerprint density at radius 1 is 1.60 bits per heavy atom. The van der Waals surface area contributed by atoms with E-state index >= 15 is 0 Å². The highest BCUT2D eigenvalue weighted by Gasteiger charge is 1.98. The first-order valence-corrected chi connectivity index (χ1v) is 4.73. The minimum atomic E-state index is -0.415. The summed E-state index contributed by atoms with van der Waals surface area (Å²) < 4.78 is 0. The summed E-state index contributed by atoms with van der Waals surface area (Å²) in [5.41, 5.74) is 0.657. The second-order valence-electron chi connectivity index (χ2n) is 3.34. The van der Waals surface area contributed by atoms with Crippen molar-refractivity contribution in [3.63, 3.8) is 0 Å². The number of aliphatic hydroxyl groups is 1.